The van der Waals surface area contributed by atoms with Gasteiger partial charge in [-0.1, -0.05) is 0 Å². The molecule has 0 saturated heterocycles. The van der Waals surface area contributed by atoms with E-state index in [1.807, 2.05) is 28.5 Å². The molecule has 0 N–H and O–H groups in total. The van der Waals surface area contributed by atoms with Gasteiger partial charge >= 0.3 is 46.1 Å². The van der Waals surface area contributed by atoms with E-state index in [9.17, 15) is 0 Å². The van der Waals surface area contributed by atoms with Gasteiger partial charge in [0.05, 0.1) is 0 Å². The van der Waals surface area contributed by atoms with Gasteiger partial charge in [-0.3, -0.25) is 0 Å². The molecule has 0 saturated carbocycles. The Morgan fingerprint density at radius 3 is 1.00 bits per heavy atom. The molecule has 0 unspecified atom stereocenters. The fraction of sp³-hybridized carbons (Fsp3) is 0. The Kier molecular flexibility index (Phi) is 70.2. The van der Waals surface area contributed by atoms with E-state index in [1.165, 1.54) is 0 Å². The summed E-state index contributed by atoms with van der Waals surface area (Å²) in [5.74, 6) is 0. The third-order valence-corrected chi connectivity index (χ3v) is 0. The first-order valence-corrected chi connectivity index (χ1v) is 6.75. The summed E-state index contributed by atoms with van der Waals surface area (Å²) in [6, 6.07) is 0. The van der Waals surface area contributed by atoms with Crippen molar-refractivity contribution in [1.29, 1.82) is 0 Å². The molecule has 0 aliphatic carbocycles. The second kappa shape index (κ2) is 17.6. The minimum absolute atomic E-state index is 0. The summed E-state index contributed by atoms with van der Waals surface area (Å²) in [4.78, 5) is 0. The van der Waals surface area contributed by atoms with Gasteiger partial charge in [0.25, 0.3) is 0 Å². The van der Waals surface area contributed by atoms with Crippen molar-refractivity contribution >= 4 is 46.1 Å². The standard InChI is InChI=1S/As2H2.Cd.GeH4/c1-2;;/h1-2H;;1H4. The first-order valence-electron chi connectivity index (χ1n) is 0.250. The van der Waals surface area contributed by atoms with Crippen LogP contribution in [0.2, 0.25) is 0 Å². The average Bonchev–Trinajstić information content (AvgIpc) is 1.00. The Bertz CT molecular complexity index is 6.00. The average molecular weight is 341 g/mol. The maximum absolute atomic E-state index is 2.00. The van der Waals surface area contributed by atoms with Crippen molar-refractivity contribution in [1.82, 2.24) is 0 Å². The van der Waals surface area contributed by atoms with E-state index >= 15 is 0 Å². The van der Waals surface area contributed by atoms with E-state index in [0.717, 1.165) is 0 Å². The quantitative estimate of drug-likeness (QED) is 0.419. The Morgan fingerprint density at radius 1 is 1.00 bits per heavy atom. The molecule has 0 rings (SSSR count). The molecule has 0 aromatic rings. The maximum atomic E-state index is 2.00. The molecular weight excluding hydrogens is 335 g/mol. The van der Waals surface area contributed by atoms with Crippen LogP contribution in [0.4, 0.5) is 0 Å². The van der Waals surface area contributed by atoms with Crippen LogP contribution in [0.1, 0.15) is 0 Å². The van der Waals surface area contributed by atoms with Gasteiger partial charge in [0.2, 0.25) is 0 Å². The van der Waals surface area contributed by atoms with E-state index in [1.54, 1.807) is 0 Å². The Hall–Kier alpha value is 2.58. The van der Waals surface area contributed by atoms with Gasteiger partial charge in [0.1, 0.15) is 0 Å². The van der Waals surface area contributed by atoms with Gasteiger partial charge in [0.15, 0.2) is 0 Å². The normalized spacial score (nSPS) is 1.00. The molecule has 0 nitrogen and oxygen atoms in total. The topological polar surface area (TPSA) is 0 Å². The monoisotopic (exact) mass is 344 g/mol. The molecule has 0 aliphatic heterocycles. The van der Waals surface area contributed by atoms with Gasteiger partial charge in [-0.05, 0) is 0 Å². The molecular formula is H6As2CdGe. The predicted octanol–water partition coefficient (Wildman–Crippen LogP) is -2.75. The van der Waals surface area contributed by atoms with Crippen molar-refractivity contribution in [3.63, 3.8) is 0 Å². The van der Waals surface area contributed by atoms with Crippen LogP contribution < -0.4 is 0 Å². The second-order valence-electron chi connectivity index (χ2n) is 0. The molecule has 0 heterocycles. The van der Waals surface area contributed by atoms with Crippen LogP contribution >= 0.6 is 0 Å². The van der Waals surface area contributed by atoms with E-state index in [4.69, 9.17) is 0 Å². The molecule has 0 bridgehead atoms. The van der Waals surface area contributed by atoms with Crippen molar-refractivity contribution in [2.75, 3.05) is 0 Å². The summed E-state index contributed by atoms with van der Waals surface area (Å²) in [5.41, 5.74) is 0. The third-order valence-electron chi connectivity index (χ3n) is 0. The van der Waals surface area contributed by atoms with Crippen LogP contribution in [0.5, 0.6) is 0 Å². The van der Waals surface area contributed by atoms with E-state index in [-0.39, 0.29) is 44.9 Å². The summed E-state index contributed by atoms with van der Waals surface area (Å²) in [5, 5.41) is 0. The van der Waals surface area contributed by atoms with Crippen molar-refractivity contribution < 1.29 is 27.3 Å². The van der Waals surface area contributed by atoms with Crippen molar-refractivity contribution in [2.24, 2.45) is 0 Å². The number of rotatable bonds is 0. The van der Waals surface area contributed by atoms with Crippen LogP contribution in [0.15, 0.2) is 0 Å². The summed E-state index contributed by atoms with van der Waals surface area (Å²) >= 11 is 4.00. The Labute approximate surface area is 72.2 Å². The molecule has 0 spiro atoms. The molecule has 0 aromatic heterocycles. The minimum atomic E-state index is 0. The summed E-state index contributed by atoms with van der Waals surface area (Å²) in [7, 11) is 0. The van der Waals surface area contributed by atoms with Gasteiger partial charge in [-0.2, -0.15) is 0 Å². The second-order valence-corrected chi connectivity index (χ2v) is 0. The summed E-state index contributed by atoms with van der Waals surface area (Å²) < 4.78 is 0. The summed E-state index contributed by atoms with van der Waals surface area (Å²) in [6.45, 7) is 0. The zero-order valence-electron chi connectivity index (χ0n) is 1.71. The Balaban J connectivity index is -0.00000000500. The third kappa shape index (κ3) is 8.82. The van der Waals surface area contributed by atoms with Gasteiger partial charge in [-0.15, -0.1) is 0 Å². The molecule has 4 heavy (non-hydrogen) atoms. The molecule has 0 aliphatic rings. The van der Waals surface area contributed by atoms with Gasteiger partial charge in [0, 0.05) is 27.3 Å². The fourth-order valence-electron chi connectivity index (χ4n) is 0. The molecule has 0 radical (unpaired) electrons. The van der Waals surface area contributed by atoms with Crippen LogP contribution in [0.25, 0.3) is 0 Å². The Morgan fingerprint density at radius 2 is 1.00 bits per heavy atom. The predicted molar refractivity (Wildman–Crippen MR) is 25.6 cm³/mol. The van der Waals surface area contributed by atoms with Crippen molar-refractivity contribution in [3.05, 3.63) is 0 Å². The molecule has 22 valence electrons. The first kappa shape index (κ1) is 16.0. The van der Waals surface area contributed by atoms with Crippen LogP contribution in [-0.2, 0) is 27.3 Å². The zero-order valence-corrected chi connectivity index (χ0v) is 9.94. The van der Waals surface area contributed by atoms with Crippen molar-refractivity contribution in [2.45, 2.75) is 0 Å². The molecule has 0 fully saturated rings. The van der Waals surface area contributed by atoms with E-state index in [2.05, 4.69) is 0 Å². The molecule has 0 amide bonds. The van der Waals surface area contributed by atoms with Gasteiger partial charge in [-0.25, -0.2) is 0 Å². The van der Waals surface area contributed by atoms with E-state index in [0.29, 0.717) is 0 Å². The fourth-order valence-corrected chi connectivity index (χ4v) is 0. The SMILES string of the molecule is [AsH]=[AsH].[Cd].[GeH4]. The van der Waals surface area contributed by atoms with Crippen LogP contribution in [0.3, 0.4) is 0 Å². The van der Waals surface area contributed by atoms with Gasteiger partial charge < -0.3 is 0 Å². The first-order chi connectivity index (χ1) is 1.00. The van der Waals surface area contributed by atoms with Crippen molar-refractivity contribution in [3.8, 4) is 0 Å². The number of hydrogen-bond donors (Lipinski definition) is 0. The molecule has 0 atom stereocenters. The summed E-state index contributed by atoms with van der Waals surface area (Å²) in [6.07, 6.45) is 0. The number of hydrogen-bond acceptors (Lipinski definition) is 0. The van der Waals surface area contributed by atoms with Crippen LogP contribution in [-0.4, -0.2) is 46.1 Å². The van der Waals surface area contributed by atoms with E-state index < -0.39 is 0 Å². The molecule has 0 aromatic carbocycles. The van der Waals surface area contributed by atoms with Crippen LogP contribution in [0, 0.1) is 0 Å². The molecule has 4 heteroatoms. The zero-order chi connectivity index (χ0) is 2.00.